The van der Waals surface area contributed by atoms with E-state index in [9.17, 15) is 13.2 Å². The molecule has 2 aromatic carbocycles. The number of fused-ring (bicyclic) bond motifs is 1. The second kappa shape index (κ2) is 8.64. The molecule has 2 aliphatic heterocycles. The van der Waals surface area contributed by atoms with E-state index in [1.807, 2.05) is 6.07 Å². The number of hydrogen-bond donors (Lipinski definition) is 1. The molecule has 0 aliphatic carbocycles. The molecule has 0 bridgehead atoms. The molecule has 10 heteroatoms. The molecule has 1 N–H and O–H groups in total. The summed E-state index contributed by atoms with van der Waals surface area (Å²) in [5.41, 5.74) is 0.838. The molecule has 1 fully saturated rings. The van der Waals surface area contributed by atoms with Crippen molar-refractivity contribution in [2.24, 2.45) is 0 Å². The number of benzene rings is 2. The zero-order valence-electron chi connectivity index (χ0n) is 17.3. The first-order chi connectivity index (χ1) is 14.9. The Morgan fingerprint density at radius 3 is 2.65 bits per heavy atom. The van der Waals surface area contributed by atoms with Crippen LogP contribution < -0.4 is 24.3 Å². The van der Waals surface area contributed by atoms with Gasteiger partial charge in [-0.25, -0.2) is 8.42 Å². The van der Waals surface area contributed by atoms with Crippen molar-refractivity contribution >= 4 is 15.9 Å². The van der Waals surface area contributed by atoms with Crippen LogP contribution in [-0.2, 0) is 21.4 Å². The highest BCUT2D eigenvalue weighted by molar-refractivity contribution is 7.89. The number of hydrogen-bond acceptors (Lipinski definition) is 7. The van der Waals surface area contributed by atoms with E-state index < -0.39 is 16.1 Å². The van der Waals surface area contributed by atoms with E-state index >= 15 is 0 Å². The molecule has 166 valence electrons. The summed E-state index contributed by atoms with van der Waals surface area (Å²) in [5, 5.41) is 2.84. The molecular formula is C21H24N2O7S. The minimum Gasteiger partial charge on any atom is -0.493 e. The average Bonchev–Trinajstić information content (AvgIpc) is 3.46. The lowest BCUT2D eigenvalue weighted by molar-refractivity contribution is -0.124. The standard InChI is InChI=1S/C21H24N2O7S/c1-27-17-8-6-15(11-19(17)28-2)31(25,26)23-9-3-4-16(23)21(24)22-12-14-5-7-18-20(10-14)30-13-29-18/h5-8,10-11,16H,3-4,9,12-13H2,1-2H3,(H,22,24). The quantitative estimate of drug-likeness (QED) is 0.690. The normalized spacial score (nSPS) is 18.1. The highest BCUT2D eigenvalue weighted by Crippen LogP contribution is 2.34. The van der Waals surface area contributed by atoms with Gasteiger partial charge in [0.15, 0.2) is 23.0 Å². The van der Waals surface area contributed by atoms with Crippen LogP contribution in [0.2, 0.25) is 0 Å². The van der Waals surface area contributed by atoms with E-state index in [0.717, 1.165) is 5.56 Å². The lowest BCUT2D eigenvalue weighted by atomic mass is 10.2. The Bertz CT molecular complexity index is 1090. The van der Waals surface area contributed by atoms with Crippen LogP contribution in [0.25, 0.3) is 0 Å². The zero-order chi connectivity index (χ0) is 22.0. The third kappa shape index (κ3) is 4.13. The maximum atomic E-state index is 13.2. The first kappa shape index (κ1) is 21.3. The summed E-state index contributed by atoms with van der Waals surface area (Å²) in [6.07, 6.45) is 1.06. The van der Waals surface area contributed by atoms with E-state index in [0.29, 0.717) is 35.8 Å². The first-order valence-corrected chi connectivity index (χ1v) is 11.3. The molecular weight excluding hydrogens is 424 g/mol. The number of carbonyl (C=O) groups is 1. The Kier molecular flexibility index (Phi) is 5.92. The molecule has 1 atom stereocenters. The largest absolute Gasteiger partial charge is 0.493 e. The molecule has 0 saturated carbocycles. The van der Waals surface area contributed by atoms with Gasteiger partial charge in [-0.15, -0.1) is 0 Å². The Morgan fingerprint density at radius 1 is 1.10 bits per heavy atom. The molecule has 1 saturated heterocycles. The van der Waals surface area contributed by atoms with Gasteiger partial charge in [0.05, 0.1) is 19.1 Å². The van der Waals surface area contributed by atoms with E-state index in [1.165, 1.54) is 36.7 Å². The highest BCUT2D eigenvalue weighted by atomic mass is 32.2. The molecule has 2 aromatic rings. The van der Waals surface area contributed by atoms with Gasteiger partial charge in [-0.05, 0) is 42.7 Å². The molecule has 4 rings (SSSR count). The van der Waals surface area contributed by atoms with Crippen molar-refractivity contribution in [3.8, 4) is 23.0 Å². The molecule has 9 nitrogen and oxygen atoms in total. The number of ether oxygens (including phenoxy) is 4. The minimum atomic E-state index is -3.88. The van der Waals surface area contributed by atoms with Crippen molar-refractivity contribution in [1.82, 2.24) is 9.62 Å². The van der Waals surface area contributed by atoms with Crippen LogP contribution in [-0.4, -0.2) is 52.2 Å². The van der Waals surface area contributed by atoms with Gasteiger partial charge in [-0.1, -0.05) is 6.07 Å². The Balaban J connectivity index is 1.48. The van der Waals surface area contributed by atoms with E-state index in [1.54, 1.807) is 12.1 Å². The highest BCUT2D eigenvalue weighted by Gasteiger charge is 2.39. The average molecular weight is 448 g/mol. The molecule has 31 heavy (non-hydrogen) atoms. The SMILES string of the molecule is COc1ccc(S(=O)(=O)N2CCCC2C(=O)NCc2ccc3c(c2)OCO3)cc1OC. The molecule has 0 spiro atoms. The van der Waals surface area contributed by atoms with Gasteiger partial charge in [0.2, 0.25) is 22.7 Å². The monoisotopic (exact) mass is 448 g/mol. The van der Waals surface area contributed by atoms with Gasteiger partial charge in [0, 0.05) is 19.2 Å². The first-order valence-electron chi connectivity index (χ1n) is 9.84. The number of nitrogens with zero attached hydrogens (tertiary/aromatic N) is 1. The van der Waals surface area contributed by atoms with Crippen LogP contribution in [0, 0.1) is 0 Å². The predicted molar refractivity (Wildman–Crippen MR) is 111 cm³/mol. The van der Waals surface area contributed by atoms with Crippen molar-refractivity contribution in [2.45, 2.75) is 30.3 Å². The Morgan fingerprint density at radius 2 is 1.87 bits per heavy atom. The van der Waals surface area contributed by atoms with Crippen molar-refractivity contribution in [3.05, 3.63) is 42.0 Å². The Labute approximate surface area is 180 Å². The number of methoxy groups -OCH3 is 2. The van der Waals surface area contributed by atoms with Gasteiger partial charge in [-0.3, -0.25) is 4.79 Å². The lowest BCUT2D eigenvalue weighted by Crippen LogP contribution is -2.45. The maximum Gasteiger partial charge on any atom is 0.243 e. The van der Waals surface area contributed by atoms with Gasteiger partial charge < -0.3 is 24.3 Å². The molecule has 2 heterocycles. The number of sulfonamides is 1. The fourth-order valence-electron chi connectivity index (χ4n) is 3.76. The Hall–Kier alpha value is -2.98. The van der Waals surface area contributed by atoms with Crippen LogP contribution in [0.4, 0.5) is 0 Å². The van der Waals surface area contributed by atoms with Gasteiger partial charge in [0.1, 0.15) is 6.04 Å². The molecule has 0 aromatic heterocycles. The molecule has 0 radical (unpaired) electrons. The van der Waals surface area contributed by atoms with Gasteiger partial charge >= 0.3 is 0 Å². The van der Waals surface area contributed by atoms with E-state index in [-0.39, 0.29) is 30.7 Å². The zero-order valence-corrected chi connectivity index (χ0v) is 18.1. The van der Waals surface area contributed by atoms with E-state index in [2.05, 4.69) is 5.32 Å². The number of nitrogens with one attached hydrogen (secondary N) is 1. The van der Waals surface area contributed by atoms with Crippen molar-refractivity contribution in [3.63, 3.8) is 0 Å². The predicted octanol–water partition coefficient (Wildman–Crippen LogP) is 1.90. The fourth-order valence-corrected chi connectivity index (χ4v) is 5.43. The summed E-state index contributed by atoms with van der Waals surface area (Å²) in [6.45, 7) is 0.713. The van der Waals surface area contributed by atoms with Crippen LogP contribution in [0.1, 0.15) is 18.4 Å². The second-order valence-corrected chi connectivity index (χ2v) is 9.09. The number of rotatable bonds is 7. The van der Waals surface area contributed by atoms with Crippen LogP contribution in [0.3, 0.4) is 0 Å². The maximum absolute atomic E-state index is 13.2. The summed E-state index contributed by atoms with van der Waals surface area (Å²) >= 11 is 0. The lowest BCUT2D eigenvalue weighted by Gasteiger charge is -2.24. The summed E-state index contributed by atoms with van der Waals surface area (Å²) in [4.78, 5) is 12.9. The second-order valence-electron chi connectivity index (χ2n) is 7.20. The van der Waals surface area contributed by atoms with Crippen molar-refractivity contribution < 1.29 is 32.2 Å². The smallest absolute Gasteiger partial charge is 0.243 e. The number of amides is 1. The minimum absolute atomic E-state index is 0.0561. The third-order valence-electron chi connectivity index (χ3n) is 5.37. The summed E-state index contributed by atoms with van der Waals surface area (Å²) in [5.74, 6) is 1.70. The fraction of sp³-hybridized carbons (Fsp3) is 0.381. The molecule has 1 amide bonds. The molecule has 1 unspecified atom stereocenters. The summed E-state index contributed by atoms with van der Waals surface area (Å²) < 4.78 is 48.8. The molecule has 2 aliphatic rings. The van der Waals surface area contributed by atoms with Crippen molar-refractivity contribution in [2.75, 3.05) is 27.6 Å². The number of carbonyl (C=O) groups excluding carboxylic acids is 1. The van der Waals surface area contributed by atoms with E-state index in [4.69, 9.17) is 18.9 Å². The van der Waals surface area contributed by atoms with Gasteiger partial charge in [0.25, 0.3) is 0 Å². The van der Waals surface area contributed by atoms with Gasteiger partial charge in [-0.2, -0.15) is 4.31 Å². The summed E-state index contributed by atoms with van der Waals surface area (Å²) in [7, 11) is -0.961. The van der Waals surface area contributed by atoms with Crippen LogP contribution in [0.5, 0.6) is 23.0 Å². The van der Waals surface area contributed by atoms with Crippen LogP contribution in [0.15, 0.2) is 41.3 Å². The van der Waals surface area contributed by atoms with Crippen LogP contribution >= 0.6 is 0 Å². The topological polar surface area (TPSA) is 103 Å². The van der Waals surface area contributed by atoms with Crippen molar-refractivity contribution in [1.29, 1.82) is 0 Å². The summed E-state index contributed by atoms with van der Waals surface area (Å²) in [6, 6.07) is 9.05. The third-order valence-corrected chi connectivity index (χ3v) is 7.28.